The summed E-state index contributed by atoms with van der Waals surface area (Å²) in [5.41, 5.74) is 3.84. The molecule has 0 bridgehead atoms. The fourth-order valence-corrected chi connectivity index (χ4v) is 2.82. The lowest BCUT2D eigenvalue weighted by atomic mass is 9.97. The first-order valence-electron chi connectivity index (χ1n) is 6.57. The number of carboxylic acids is 1. The lowest BCUT2D eigenvalue weighted by Crippen LogP contribution is -2.38. The summed E-state index contributed by atoms with van der Waals surface area (Å²) in [5.74, 6) is -0.843. The predicted molar refractivity (Wildman–Crippen MR) is 71.6 cm³/mol. The minimum atomic E-state index is -0.653. The van der Waals surface area contributed by atoms with Gasteiger partial charge >= 0.3 is 5.97 Å². The Balaban J connectivity index is 2.02. The van der Waals surface area contributed by atoms with E-state index in [0.29, 0.717) is 6.54 Å². The standard InChI is InChI=1S/C15H21NO2/c1-11-6-12(2)8-13(7-11)9-16-5-3-4-14(10-16)15(17)18/h6-8,14H,3-5,9-10H2,1-2H3,(H,17,18)/t14-/m0/s1. The number of likely N-dealkylation sites (tertiary alicyclic amines) is 1. The van der Waals surface area contributed by atoms with Gasteiger partial charge < -0.3 is 5.11 Å². The molecule has 3 heteroatoms. The second kappa shape index (κ2) is 5.53. The first kappa shape index (κ1) is 13.1. The zero-order chi connectivity index (χ0) is 13.1. The van der Waals surface area contributed by atoms with Crippen LogP contribution in [0.15, 0.2) is 18.2 Å². The highest BCUT2D eigenvalue weighted by molar-refractivity contribution is 5.70. The van der Waals surface area contributed by atoms with Gasteiger partial charge in [-0.05, 0) is 38.8 Å². The summed E-state index contributed by atoms with van der Waals surface area (Å²) >= 11 is 0. The van der Waals surface area contributed by atoms with Gasteiger partial charge in [0.1, 0.15) is 0 Å². The summed E-state index contributed by atoms with van der Waals surface area (Å²) < 4.78 is 0. The van der Waals surface area contributed by atoms with Crippen LogP contribution in [0.2, 0.25) is 0 Å². The number of hydrogen-bond donors (Lipinski definition) is 1. The zero-order valence-electron chi connectivity index (χ0n) is 11.1. The Bertz CT molecular complexity index is 422. The van der Waals surface area contributed by atoms with E-state index in [2.05, 4.69) is 36.9 Å². The maximum Gasteiger partial charge on any atom is 0.307 e. The summed E-state index contributed by atoms with van der Waals surface area (Å²) in [6, 6.07) is 6.55. The number of rotatable bonds is 3. The molecule has 0 saturated carbocycles. The monoisotopic (exact) mass is 247 g/mol. The van der Waals surface area contributed by atoms with E-state index >= 15 is 0 Å². The Kier molecular flexibility index (Phi) is 4.02. The number of aliphatic carboxylic acids is 1. The van der Waals surface area contributed by atoms with Crippen molar-refractivity contribution in [3.05, 3.63) is 34.9 Å². The first-order chi connectivity index (χ1) is 8.54. The molecule has 3 nitrogen and oxygen atoms in total. The maximum atomic E-state index is 11.0. The Labute approximate surface area is 108 Å². The molecule has 1 atom stereocenters. The molecule has 1 aliphatic heterocycles. The van der Waals surface area contributed by atoms with Gasteiger partial charge in [0, 0.05) is 13.1 Å². The largest absolute Gasteiger partial charge is 0.481 e. The smallest absolute Gasteiger partial charge is 0.307 e. The van der Waals surface area contributed by atoms with E-state index in [1.807, 2.05) is 0 Å². The minimum absolute atomic E-state index is 0.190. The third-order valence-electron chi connectivity index (χ3n) is 3.54. The quantitative estimate of drug-likeness (QED) is 0.892. The molecule has 2 rings (SSSR count). The topological polar surface area (TPSA) is 40.5 Å². The molecule has 1 aliphatic rings. The number of benzene rings is 1. The molecule has 1 aromatic rings. The van der Waals surface area contributed by atoms with Crippen LogP contribution in [0.25, 0.3) is 0 Å². The first-order valence-corrected chi connectivity index (χ1v) is 6.57. The van der Waals surface area contributed by atoms with Gasteiger partial charge in [-0.15, -0.1) is 0 Å². The van der Waals surface area contributed by atoms with Gasteiger partial charge in [-0.25, -0.2) is 0 Å². The van der Waals surface area contributed by atoms with Gasteiger partial charge in [0.05, 0.1) is 5.92 Å². The number of piperidine rings is 1. The Morgan fingerprint density at radius 3 is 2.61 bits per heavy atom. The van der Waals surface area contributed by atoms with Crippen molar-refractivity contribution in [3.63, 3.8) is 0 Å². The van der Waals surface area contributed by atoms with Crippen LogP contribution in [-0.4, -0.2) is 29.1 Å². The van der Waals surface area contributed by atoms with Crippen molar-refractivity contribution >= 4 is 5.97 Å². The minimum Gasteiger partial charge on any atom is -0.481 e. The van der Waals surface area contributed by atoms with Gasteiger partial charge in [-0.2, -0.15) is 0 Å². The second-order valence-corrected chi connectivity index (χ2v) is 5.41. The van der Waals surface area contributed by atoms with Crippen LogP contribution >= 0.6 is 0 Å². The van der Waals surface area contributed by atoms with E-state index < -0.39 is 5.97 Å². The molecule has 1 fully saturated rings. The molecular formula is C15H21NO2. The van der Waals surface area contributed by atoms with Crippen LogP contribution in [-0.2, 0) is 11.3 Å². The second-order valence-electron chi connectivity index (χ2n) is 5.41. The van der Waals surface area contributed by atoms with Gasteiger partial charge in [0.2, 0.25) is 0 Å². The fourth-order valence-electron chi connectivity index (χ4n) is 2.82. The van der Waals surface area contributed by atoms with E-state index in [1.165, 1.54) is 16.7 Å². The number of nitrogens with zero attached hydrogens (tertiary/aromatic N) is 1. The Morgan fingerprint density at radius 1 is 1.33 bits per heavy atom. The molecule has 1 aromatic carbocycles. The van der Waals surface area contributed by atoms with Crippen molar-refractivity contribution in [1.82, 2.24) is 4.90 Å². The summed E-state index contributed by atoms with van der Waals surface area (Å²) in [7, 11) is 0. The number of aryl methyl sites for hydroxylation is 2. The van der Waals surface area contributed by atoms with Crippen LogP contribution in [0.3, 0.4) is 0 Å². The molecular weight excluding hydrogens is 226 g/mol. The van der Waals surface area contributed by atoms with Crippen molar-refractivity contribution in [2.24, 2.45) is 5.92 Å². The van der Waals surface area contributed by atoms with E-state index in [4.69, 9.17) is 5.11 Å². The van der Waals surface area contributed by atoms with Crippen LogP contribution in [0, 0.1) is 19.8 Å². The highest BCUT2D eigenvalue weighted by Gasteiger charge is 2.25. The van der Waals surface area contributed by atoms with Gasteiger partial charge in [-0.1, -0.05) is 29.3 Å². The summed E-state index contributed by atoms with van der Waals surface area (Å²) in [4.78, 5) is 13.3. The highest BCUT2D eigenvalue weighted by atomic mass is 16.4. The molecule has 0 aliphatic carbocycles. The van der Waals surface area contributed by atoms with Crippen molar-refractivity contribution in [3.8, 4) is 0 Å². The molecule has 0 amide bonds. The number of carbonyl (C=O) groups is 1. The van der Waals surface area contributed by atoms with Gasteiger partial charge in [-0.3, -0.25) is 9.69 Å². The molecule has 0 radical (unpaired) electrons. The average molecular weight is 247 g/mol. The Hall–Kier alpha value is -1.35. The number of hydrogen-bond acceptors (Lipinski definition) is 2. The maximum absolute atomic E-state index is 11.0. The lowest BCUT2D eigenvalue weighted by Gasteiger charge is -2.30. The molecule has 18 heavy (non-hydrogen) atoms. The molecule has 1 N–H and O–H groups in total. The van der Waals surface area contributed by atoms with Crippen molar-refractivity contribution in [2.45, 2.75) is 33.2 Å². The van der Waals surface area contributed by atoms with Crippen LogP contribution in [0.5, 0.6) is 0 Å². The van der Waals surface area contributed by atoms with E-state index in [9.17, 15) is 4.79 Å². The van der Waals surface area contributed by atoms with E-state index in [1.54, 1.807) is 0 Å². The van der Waals surface area contributed by atoms with E-state index in [-0.39, 0.29) is 5.92 Å². The molecule has 0 spiro atoms. The van der Waals surface area contributed by atoms with Crippen LogP contribution in [0.1, 0.15) is 29.5 Å². The Morgan fingerprint density at radius 2 is 2.00 bits per heavy atom. The molecule has 0 aromatic heterocycles. The summed E-state index contributed by atoms with van der Waals surface area (Å²) in [6.07, 6.45) is 1.81. The molecule has 1 saturated heterocycles. The lowest BCUT2D eigenvalue weighted by molar-refractivity contribution is -0.143. The summed E-state index contributed by atoms with van der Waals surface area (Å²) in [5, 5.41) is 9.08. The van der Waals surface area contributed by atoms with Crippen LogP contribution in [0.4, 0.5) is 0 Å². The van der Waals surface area contributed by atoms with Gasteiger partial charge in [0.25, 0.3) is 0 Å². The molecule has 98 valence electrons. The number of carboxylic acid groups (broad SMARTS) is 1. The normalized spacial score (nSPS) is 20.9. The SMILES string of the molecule is Cc1cc(C)cc(CN2CCC[C@H](C(=O)O)C2)c1. The van der Waals surface area contributed by atoms with Crippen molar-refractivity contribution in [1.29, 1.82) is 0 Å². The third-order valence-corrected chi connectivity index (χ3v) is 3.54. The van der Waals surface area contributed by atoms with Gasteiger partial charge in [0.15, 0.2) is 0 Å². The zero-order valence-corrected chi connectivity index (χ0v) is 11.1. The third kappa shape index (κ3) is 3.33. The summed E-state index contributed by atoms with van der Waals surface area (Å²) in [6.45, 7) is 6.77. The fraction of sp³-hybridized carbons (Fsp3) is 0.533. The van der Waals surface area contributed by atoms with Crippen molar-refractivity contribution < 1.29 is 9.90 Å². The predicted octanol–water partition coefficient (Wildman–Crippen LogP) is 2.60. The molecule has 1 heterocycles. The van der Waals surface area contributed by atoms with Crippen LogP contribution < -0.4 is 0 Å². The van der Waals surface area contributed by atoms with E-state index in [0.717, 1.165) is 25.9 Å². The van der Waals surface area contributed by atoms with Crippen molar-refractivity contribution in [2.75, 3.05) is 13.1 Å². The average Bonchev–Trinajstić information content (AvgIpc) is 2.27. The highest BCUT2D eigenvalue weighted by Crippen LogP contribution is 2.19. The molecule has 0 unspecified atom stereocenters.